The standard InChI is InChI=1S/C7H7BClNO4/c1-14-7(11)6-4(8(12)13)2-3-5(9)10-6/h2-3,12-13H,1H3. The van der Waals surface area contributed by atoms with Gasteiger partial charge in [-0.25, -0.2) is 9.78 Å². The van der Waals surface area contributed by atoms with E-state index in [-0.39, 0.29) is 16.3 Å². The van der Waals surface area contributed by atoms with Crippen molar-refractivity contribution in [3.8, 4) is 0 Å². The van der Waals surface area contributed by atoms with Crippen molar-refractivity contribution in [3.63, 3.8) is 0 Å². The molecule has 0 aliphatic carbocycles. The lowest BCUT2D eigenvalue weighted by Crippen LogP contribution is -2.36. The summed E-state index contributed by atoms with van der Waals surface area (Å²) >= 11 is 5.54. The highest BCUT2D eigenvalue weighted by atomic mass is 35.5. The van der Waals surface area contributed by atoms with Crippen LogP contribution in [0.4, 0.5) is 0 Å². The van der Waals surface area contributed by atoms with E-state index in [4.69, 9.17) is 21.6 Å². The van der Waals surface area contributed by atoms with Crippen molar-refractivity contribution in [3.05, 3.63) is 23.0 Å². The molecule has 1 aromatic heterocycles. The molecule has 0 saturated carbocycles. The lowest BCUT2D eigenvalue weighted by molar-refractivity contribution is 0.0595. The maximum atomic E-state index is 11.1. The van der Waals surface area contributed by atoms with E-state index in [0.717, 1.165) is 0 Å². The molecule has 0 atom stereocenters. The van der Waals surface area contributed by atoms with E-state index in [1.54, 1.807) is 0 Å². The van der Waals surface area contributed by atoms with Gasteiger partial charge in [0, 0.05) is 5.46 Å². The topological polar surface area (TPSA) is 79.7 Å². The molecule has 0 fully saturated rings. The smallest absolute Gasteiger partial charge is 0.464 e. The molecule has 7 heteroatoms. The highest BCUT2D eigenvalue weighted by Crippen LogP contribution is 2.04. The number of nitrogens with zero attached hydrogens (tertiary/aromatic N) is 1. The number of ether oxygens (including phenoxy) is 1. The minimum atomic E-state index is -1.78. The van der Waals surface area contributed by atoms with Crippen molar-refractivity contribution >= 4 is 30.2 Å². The van der Waals surface area contributed by atoms with Crippen molar-refractivity contribution in [1.29, 1.82) is 0 Å². The fourth-order valence-electron chi connectivity index (χ4n) is 0.915. The second-order valence-corrected chi connectivity index (χ2v) is 2.82. The van der Waals surface area contributed by atoms with Crippen LogP contribution in [0.25, 0.3) is 0 Å². The van der Waals surface area contributed by atoms with Crippen LogP contribution in [0.1, 0.15) is 10.5 Å². The normalized spacial score (nSPS) is 9.71. The first-order valence-corrected chi connectivity index (χ1v) is 4.05. The Morgan fingerprint density at radius 1 is 1.57 bits per heavy atom. The highest BCUT2D eigenvalue weighted by Gasteiger charge is 2.22. The summed E-state index contributed by atoms with van der Waals surface area (Å²) in [6, 6.07) is 2.65. The molecule has 0 bridgehead atoms. The summed E-state index contributed by atoms with van der Waals surface area (Å²) in [4.78, 5) is 14.8. The molecule has 0 aliphatic heterocycles. The van der Waals surface area contributed by atoms with E-state index in [9.17, 15) is 4.79 Å². The number of halogens is 1. The van der Waals surface area contributed by atoms with Crippen LogP contribution in [0.15, 0.2) is 12.1 Å². The first-order valence-electron chi connectivity index (χ1n) is 3.67. The average Bonchev–Trinajstić information content (AvgIpc) is 2.16. The Kier molecular flexibility index (Phi) is 3.46. The summed E-state index contributed by atoms with van der Waals surface area (Å²) in [6.45, 7) is 0. The van der Waals surface area contributed by atoms with Crippen LogP contribution < -0.4 is 5.46 Å². The predicted octanol–water partition coefficient (Wildman–Crippen LogP) is -0.799. The molecule has 74 valence electrons. The second-order valence-electron chi connectivity index (χ2n) is 2.44. The minimum Gasteiger partial charge on any atom is -0.464 e. The van der Waals surface area contributed by atoms with E-state index < -0.39 is 13.1 Å². The average molecular weight is 215 g/mol. The van der Waals surface area contributed by atoms with Crippen molar-refractivity contribution in [1.82, 2.24) is 4.98 Å². The molecule has 0 aliphatic rings. The Bertz CT molecular complexity index is 358. The Balaban J connectivity index is 3.22. The summed E-state index contributed by atoms with van der Waals surface area (Å²) in [7, 11) is -0.618. The van der Waals surface area contributed by atoms with Gasteiger partial charge in [0.2, 0.25) is 0 Å². The van der Waals surface area contributed by atoms with Gasteiger partial charge in [0.05, 0.1) is 7.11 Å². The molecule has 2 N–H and O–H groups in total. The molecule has 1 aromatic rings. The van der Waals surface area contributed by atoms with Crippen molar-refractivity contribution in [2.24, 2.45) is 0 Å². The lowest BCUT2D eigenvalue weighted by atomic mass is 9.79. The number of methoxy groups -OCH3 is 1. The van der Waals surface area contributed by atoms with Crippen LogP contribution in [0.5, 0.6) is 0 Å². The lowest BCUT2D eigenvalue weighted by Gasteiger charge is -2.05. The van der Waals surface area contributed by atoms with E-state index in [2.05, 4.69) is 9.72 Å². The maximum Gasteiger partial charge on any atom is 0.490 e. The number of hydrogen-bond acceptors (Lipinski definition) is 5. The molecule has 14 heavy (non-hydrogen) atoms. The number of rotatable bonds is 2. The number of aromatic nitrogens is 1. The Morgan fingerprint density at radius 3 is 2.71 bits per heavy atom. The van der Waals surface area contributed by atoms with Crippen LogP contribution in [0.3, 0.4) is 0 Å². The van der Waals surface area contributed by atoms with E-state index in [1.807, 2.05) is 0 Å². The first kappa shape index (κ1) is 11.0. The van der Waals surface area contributed by atoms with Crippen molar-refractivity contribution in [2.45, 2.75) is 0 Å². The third kappa shape index (κ3) is 2.23. The molecule has 0 amide bonds. The van der Waals surface area contributed by atoms with E-state index in [1.165, 1.54) is 19.2 Å². The van der Waals surface area contributed by atoms with E-state index >= 15 is 0 Å². The SMILES string of the molecule is COC(=O)c1nc(Cl)ccc1B(O)O. The van der Waals surface area contributed by atoms with Crippen molar-refractivity contribution < 1.29 is 19.6 Å². The van der Waals surface area contributed by atoms with Crippen LogP contribution in [-0.2, 0) is 4.74 Å². The number of hydrogen-bond donors (Lipinski definition) is 2. The molecular formula is C7H7BClNO4. The van der Waals surface area contributed by atoms with Gasteiger partial charge in [0.1, 0.15) is 10.8 Å². The van der Waals surface area contributed by atoms with Crippen LogP contribution in [0, 0.1) is 0 Å². The Morgan fingerprint density at radius 2 is 2.21 bits per heavy atom. The molecule has 5 nitrogen and oxygen atoms in total. The predicted molar refractivity (Wildman–Crippen MR) is 50.4 cm³/mol. The fraction of sp³-hybridized carbons (Fsp3) is 0.143. The molecule has 0 unspecified atom stereocenters. The molecule has 0 radical (unpaired) electrons. The number of carbonyl (C=O) groups is 1. The summed E-state index contributed by atoms with van der Waals surface area (Å²) < 4.78 is 4.40. The van der Waals surface area contributed by atoms with Gasteiger partial charge in [0.15, 0.2) is 0 Å². The van der Waals surface area contributed by atoms with Gasteiger partial charge >= 0.3 is 13.1 Å². The van der Waals surface area contributed by atoms with Crippen molar-refractivity contribution in [2.75, 3.05) is 7.11 Å². The van der Waals surface area contributed by atoms with E-state index in [0.29, 0.717) is 0 Å². The number of esters is 1. The monoisotopic (exact) mass is 215 g/mol. The molecule has 1 rings (SSSR count). The van der Waals surface area contributed by atoms with Crippen LogP contribution in [-0.4, -0.2) is 35.2 Å². The quantitative estimate of drug-likeness (QED) is 0.384. The third-order valence-electron chi connectivity index (χ3n) is 1.55. The molecule has 1 heterocycles. The van der Waals surface area contributed by atoms with Gasteiger partial charge in [-0.15, -0.1) is 0 Å². The molecule has 0 aromatic carbocycles. The van der Waals surface area contributed by atoms with Gasteiger partial charge < -0.3 is 14.8 Å². The molecule has 0 saturated heterocycles. The summed E-state index contributed by atoms with van der Waals surface area (Å²) in [5.41, 5.74) is -0.240. The molecular weight excluding hydrogens is 208 g/mol. The summed E-state index contributed by atoms with van der Waals surface area (Å²) in [5, 5.41) is 17.9. The number of pyridine rings is 1. The van der Waals surface area contributed by atoms with Gasteiger partial charge in [-0.2, -0.15) is 0 Å². The largest absolute Gasteiger partial charge is 0.490 e. The first-order chi connectivity index (χ1) is 6.56. The van der Waals surface area contributed by atoms with Crippen LogP contribution >= 0.6 is 11.6 Å². The zero-order valence-electron chi connectivity index (χ0n) is 7.27. The zero-order valence-corrected chi connectivity index (χ0v) is 8.02. The highest BCUT2D eigenvalue weighted by molar-refractivity contribution is 6.60. The number of carbonyl (C=O) groups excluding carboxylic acids is 1. The molecule has 0 spiro atoms. The summed E-state index contributed by atoms with van der Waals surface area (Å²) in [5.74, 6) is -0.768. The Labute approximate surface area is 85.4 Å². The Hall–Kier alpha value is -1.11. The summed E-state index contributed by atoms with van der Waals surface area (Å²) in [6.07, 6.45) is 0. The van der Waals surface area contributed by atoms with Gasteiger partial charge in [-0.3, -0.25) is 0 Å². The second kappa shape index (κ2) is 4.41. The van der Waals surface area contributed by atoms with Gasteiger partial charge in [0.25, 0.3) is 0 Å². The maximum absolute atomic E-state index is 11.1. The minimum absolute atomic E-state index is 0.0405. The third-order valence-corrected chi connectivity index (χ3v) is 1.76. The fourth-order valence-corrected chi connectivity index (χ4v) is 1.06. The van der Waals surface area contributed by atoms with Gasteiger partial charge in [-0.05, 0) is 6.07 Å². The zero-order chi connectivity index (χ0) is 10.7. The van der Waals surface area contributed by atoms with Gasteiger partial charge in [-0.1, -0.05) is 17.7 Å². The van der Waals surface area contributed by atoms with Crippen LogP contribution in [0.2, 0.25) is 5.15 Å².